The molecule has 27 heavy (non-hydrogen) atoms. The van der Waals surface area contributed by atoms with Gasteiger partial charge in [-0.2, -0.15) is 0 Å². The van der Waals surface area contributed by atoms with Crippen molar-refractivity contribution in [3.05, 3.63) is 27.8 Å². The van der Waals surface area contributed by atoms with Crippen LogP contribution in [0.4, 0.5) is 0 Å². The standard InChI is InChI=1S/C14H16BrClNO9P/c15-4-1-2-5-7(8(4)16)6(3-17-5)25-27(23,24)26-14-12(21)10(19)9(18)11(20)13(14)22/h1-3,9-14,17-22H,(H,23,24)/t9?,10-,11-,12-,13-,14?/m1/s1. The molecule has 1 aromatic heterocycles. The highest BCUT2D eigenvalue weighted by atomic mass is 79.9. The van der Waals surface area contributed by atoms with E-state index in [1.807, 2.05) is 0 Å². The third-order valence-electron chi connectivity index (χ3n) is 4.24. The third kappa shape index (κ3) is 3.90. The first kappa shape index (κ1) is 21.0. The molecule has 10 nitrogen and oxygen atoms in total. The molecule has 1 aliphatic carbocycles. The molecule has 1 heterocycles. The monoisotopic (exact) mass is 487 g/mol. The van der Waals surface area contributed by atoms with E-state index in [4.69, 9.17) is 20.6 Å². The summed E-state index contributed by atoms with van der Waals surface area (Å²) in [7, 11) is -4.95. The molecule has 0 aliphatic heterocycles. The Labute approximate surface area is 165 Å². The van der Waals surface area contributed by atoms with Crippen LogP contribution in [0.5, 0.6) is 5.75 Å². The summed E-state index contributed by atoms with van der Waals surface area (Å²) in [5.41, 5.74) is 0.505. The van der Waals surface area contributed by atoms with E-state index in [0.717, 1.165) is 0 Å². The SMILES string of the molecule is O=P(O)(Oc1c[nH]c2ccc(Br)c(Cl)c12)OC1[C@H](O)[C@H](O)C(O)[C@@H](O)[C@H]1O. The van der Waals surface area contributed by atoms with Crippen molar-refractivity contribution < 1.29 is 44.0 Å². The minimum Gasteiger partial charge on any atom is -0.402 e. The maximum atomic E-state index is 12.4. The molecule has 150 valence electrons. The average molecular weight is 489 g/mol. The number of hydrogen-bond acceptors (Lipinski definition) is 8. The molecule has 0 radical (unpaired) electrons. The van der Waals surface area contributed by atoms with Crippen molar-refractivity contribution in [2.45, 2.75) is 36.6 Å². The highest BCUT2D eigenvalue weighted by molar-refractivity contribution is 9.10. The van der Waals surface area contributed by atoms with Gasteiger partial charge in [0, 0.05) is 10.7 Å². The molecule has 13 heteroatoms. The summed E-state index contributed by atoms with van der Waals surface area (Å²) in [5, 5.41) is 49.2. The minimum atomic E-state index is -4.95. The molecule has 0 saturated heterocycles. The largest absolute Gasteiger partial charge is 0.527 e. The number of benzene rings is 1. The number of aromatic amines is 1. The number of rotatable bonds is 4. The van der Waals surface area contributed by atoms with Crippen molar-refractivity contribution in [1.82, 2.24) is 4.98 Å². The molecular formula is C14H16BrClNO9P. The molecule has 0 amide bonds. The quantitative estimate of drug-likeness (QED) is 0.298. The number of phosphoric ester groups is 1. The van der Waals surface area contributed by atoms with E-state index in [1.165, 1.54) is 6.20 Å². The smallest absolute Gasteiger partial charge is 0.402 e. The van der Waals surface area contributed by atoms with Crippen molar-refractivity contribution in [2.75, 3.05) is 0 Å². The molecule has 2 aromatic rings. The summed E-state index contributed by atoms with van der Waals surface area (Å²) >= 11 is 9.38. The number of nitrogens with one attached hydrogen (secondary N) is 1. The van der Waals surface area contributed by atoms with Gasteiger partial charge < -0.3 is 35.0 Å². The van der Waals surface area contributed by atoms with Gasteiger partial charge in [0.1, 0.15) is 36.6 Å². The fourth-order valence-corrected chi connectivity index (χ4v) is 4.40. The van der Waals surface area contributed by atoms with E-state index in [1.54, 1.807) is 12.1 Å². The summed E-state index contributed by atoms with van der Waals surface area (Å²) in [6.07, 6.45) is -10.2. The summed E-state index contributed by atoms with van der Waals surface area (Å²) in [6.45, 7) is 0. The second-order valence-electron chi connectivity index (χ2n) is 6.02. The number of halogens is 2. The van der Waals surface area contributed by atoms with Gasteiger partial charge in [0.2, 0.25) is 0 Å². The lowest BCUT2D eigenvalue weighted by Gasteiger charge is -2.41. The van der Waals surface area contributed by atoms with Crippen LogP contribution in [0.1, 0.15) is 0 Å². The Balaban J connectivity index is 1.86. The molecule has 1 fully saturated rings. The Morgan fingerprint density at radius 1 is 1.04 bits per heavy atom. The van der Waals surface area contributed by atoms with Crippen molar-refractivity contribution in [2.24, 2.45) is 0 Å². The van der Waals surface area contributed by atoms with Crippen molar-refractivity contribution in [3.63, 3.8) is 0 Å². The van der Waals surface area contributed by atoms with Gasteiger partial charge in [-0.1, -0.05) is 11.6 Å². The molecule has 3 rings (SSSR count). The first-order valence-electron chi connectivity index (χ1n) is 7.59. The molecule has 1 aliphatic rings. The van der Waals surface area contributed by atoms with Gasteiger partial charge in [-0.25, -0.2) is 4.57 Å². The number of aliphatic hydroxyl groups is 5. The predicted octanol–water partition coefficient (Wildman–Crippen LogP) is 0.266. The van der Waals surface area contributed by atoms with Gasteiger partial charge in [0.05, 0.1) is 15.9 Å². The number of fused-ring (bicyclic) bond motifs is 1. The summed E-state index contributed by atoms with van der Waals surface area (Å²) in [4.78, 5) is 12.8. The lowest BCUT2D eigenvalue weighted by Crippen LogP contribution is -2.64. The maximum Gasteiger partial charge on any atom is 0.527 e. The number of phosphoric acid groups is 1. The van der Waals surface area contributed by atoms with E-state index in [2.05, 4.69) is 20.9 Å². The van der Waals surface area contributed by atoms with Crippen LogP contribution in [-0.2, 0) is 9.09 Å². The Morgan fingerprint density at radius 2 is 1.59 bits per heavy atom. The minimum absolute atomic E-state index is 0.136. The molecule has 1 unspecified atom stereocenters. The number of hydrogen-bond donors (Lipinski definition) is 7. The van der Waals surface area contributed by atoms with Crippen molar-refractivity contribution in [1.29, 1.82) is 0 Å². The number of H-pyrrole nitrogens is 1. The second-order valence-corrected chi connectivity index (χ2v) is 8.58. The Morgan fingerprint density at radius 3 is 2.19 bits per heavy atom. The molecular weight excluding hydrogens is 472 g/mol. The molecule has 0 bridgehead atoms. The summed E-state index contributed by atoms with van der Waals surface area (Å²) in [5.74, 6) is -0.136. The van der Waals surface area contributed by atoms with E-state index in [9.17, 15) is 35.0 Å². The molecule has 1 aromatic carbocycles. The summed E-state index contributed by atoms with van der Waals surface area (Å²) < 4.78 is 22.6. The van der Waals surface area contributed by atoms with Gasteiger partial charge in [0.15, 0.2) is 5.75 Å². The fourth-order valence-electron chi connectivity index (χ4n) is 2.82. The molecule has 7 N–H and O–H groups in total. The van der Waals surface area contributed by atoms with Crippen LogP contribution < -0.4 is 4.52 Å². The van der Waals surface area contributed by atoms with Gasteiger partial charge in [0.25, 0.3) is 0 Å². The molecule has 0 spiro atoms. The average Bonchev–Trinajstić information content (AvgIpc) is 3.01. The summed E-state index contributed by atoms with van der Waals surface area (Å²) in [6, 6.07) is 3.30. The molecule has 5 atom stereocenters. The van der Waals surface area contributed by atoms with Crippen LogP contribution in [0.25, 0.3) is 10.9 Å². The highest BCUT2D eigenvalue weighted by Crippen LogP contribution is 2.50. The third-order valence-corrected chi connectivity index (χ3v) is 6.46. The van der Waals surface area contributed by atoms with E-state index in [-0.39, 0.29) is 16.2 Å². The van der Waals surface area contributed by atoms with Crippen LogP contribution in [0, 0.1) is 0 Å². The van der Waals surface area contributed by atoms with Crippen LogP contribution >= 0.6 is 35.4 Å². The maximum absolute atomic E-state index is 12.4. The Bertz CT molecular complexity index is 879. The van der Waals surface area contributed by atoms with Crippen molar-refractivity contribution >= 4 is 46.3 Å². The lowest BCUT2D eigenvalue weighted by molar-refractivity contribution is -0.219. The van der Waals surface area contributed by atoms with Crippen LogP contribution in [-0.4, -0.2) is 72.0 Å². The topological polar surface area (TPSA) is 173 Å². The zero-order valence-electron chi connectivity index (χ0n) is 13.3. The van der Waals surface area contributed by atoms with E-state index in [0.29, 0.717) is 9.99 Å². The zero-order chi connectivity index (χ0) is 20.1. The first-order chi connectivity index (χ1) is 12.5. The van der Waals surface area contributed by atoms with Gasteiger partial charge in [-0.05, 0) is 28.1 Å². The lowest BCUT2D eigenvalue weighted by atomic mass is 9.85. The zero-order valence-corrected chi connectivity index (χ0v) is 16.5. The number of aromatic nitrogens is 1. The Kier molecular flexibility index (Phi) is 5.91. The van der Waals surface area contributed by atoms with Crippen LogP contribution in [0.3, 0.4) is 0 Å². The van der Waals surface area contributed by atoms with Crippen LogP contribution in [0.15, 0.2) is 22.8 Å². The van der Waals surface area contributed by atoms with Gasteiger partial charge in [-0.15, -0.1) is 0 Å². The van der Waals surface area contributed by atoms with Gasteiger partial charge in [-0.3, -0.25) is 9.42 Å². The van der Waals surface area contributed by atoms with Crippen molar-refractivity contribution in [3.8, 4) is 5.75 Å². The fraction of sp³-hybridized carbons (Fsp3) is 0.429. The first-order valence-corrected chi connectivity index (χ1v) is 10.3. The van der Waals surface area contributed by atoms with Crippen LogP contribution in [0.2, 0.25) is 5.02 Å². The second kappa shape index (κ2) is 7.60. The predicted molar refractivity (Wildman–Crippen MR) is 96.4 cm³/mol. The number of aliphatic hydroxyl groups excluding tert-OH is 5. The highest BCUT2D eigenvalue weighted by Gasteiger charge is 2.51. The molecule has 1 saturated carbocycles. The normalized spacial score (nSPS) is 33.8. The van der Waals surface area contributed by atoms with E-state index < -0.39 is 44.4 Å². The Hall–Kier alpha value is -0.720. The van der Waals surface area contributed by atoms with E-state index >= 15 is 0 Å². The van der Waals surface area contributed by atoms with Gasteiger partial charge >= 0.3 is 7.82 Å².